The fourth-order valence-electron chi connectivity index (χ4n) is 2.04. The first-order valence-electron chi connectivity index (χ1n) is 7.61. The van der Waals surface area contributed by atoms with Crippen molar-refractivity contribution in [1.82, 2.24) is 5.32 Å². The molecule has 0 spiro atoms. The first kappa shape index (κ1) is 18.4. The lowest BCUT2D eigenvalue weighted by Crippen LogP contribution is -2.40. The van der Waals surface area contributed by atoms with Gasteiger partial charge >= 0.3 is 0 Å². The third kappa shape index (κ3) is 5.56. The van der Waals surface area contributed by atoms with E-state index in [1.165, 1.54) is 6.07 Å². The first-order chi connectivity index (χ1) is 11.8. The van der Waals surface area contributed by atoms with Gasteiger partial charge in [0.05, 0.1) is 6.54 Å². The maximum atomic E-state index is 13.1. The van der Waals surface area contributed by atoms with Gasteiger partial charge in [0.1, 0.15) is 5.75 Å². The Morgan fingerprint density at radius 1 is 1.12 bits per heavy atom. The molecule has 0 radical (unpaired) electrons. The summed E-state index contributed by atoms with van der Waals surface area (Å²) in [5.41, 5.74) is 1.10. The summed E-state index contributed by atoms with van der Waals surface area (Å²) >= 11 is 0. The Morgan fingerprint density at radius 2 is 1.88 bits per heavy atom. The van der Waals surface area contributed by atoms with Crippen LogP contribution in [-0.4, -0.2) is 24.5 Å². The zero-order valence-corrected chi connectivity index (χ0v) is 13.8. The van der Waals surface area contributed by atoms with Crippen molar-refractivity contribution >= 4 is 17.5 Å². The number of anilines is 1. The van der Waals surface area contributed by atoms with E-state index in [0.29, 0.717) is 5.75 Å². The lowest BCUT2D eigenvalue weighted by molar-refractivity contribution is -0.129. The molecule has 132 valence electrons. The topological polar surface area (TPSA) is 67.4 Å². The Balaban J connectivity index is 1.82. The van der Waals surface area contributed by atoms with Gasteiger partial charge in [-0.2, -0.15) is 0 Å². The minimum absolute atomic E-state index is 0.0993. The molecule has 0 heterocycles. The molecular formula is C18H18F2N2O3. The lowest BCUT2D eigenvalue weighted by Gasteiger charge is -2.15. The molecule has 0 aliphatic carbocycles. The lowest BCUT2D eigenvalue weighted by atomic mass is 10.2. The number of carbonyl (C=O) groups is 2. The fourth-order valence-corrected chi connectivity index (χ4v) is 2.04. The molecule has 25 heavy (non-hydrogen) atoms. The van der Waals surface area contributed by atoms with Gasteiger partial charge in [0, 0.05) is 11.8 Å². The molecule has 2 aromatic rings. The van der Waals surface area contributed by atoms with Crippen LogP contribution in [0.4, 0.5) is 14.5 Å². The number of amides is 2. The van der Waals surface area contributed by atoms with Gasteiger partial charge in [0.2, 0.25) is 5.91 Å². The van der Waals surface area contributed by atoms with Crippen molar-refractivity contribution in [2.24, 2.45) is 0 Å². The number of benzene rings is 2. The van der Waals surface area contributed by atoms with Crippen LogP contribution in [0.2, 0.25) is 0 Å². The highest BCUT2D eigenvalue weighted by atomic mass is 19.2. The largest absolute Gasteiger partial charge is 0.481 e. The van der Waals surface area contributed by atoms with Crippen LogP contribution in [0.15, 0.2) is 42.5 Å². The molecule has 1 atom stereocenters. The number of hydrogen-bond donors (Lipinski definition) is 2. The summed E-state index contributed by atoms with van der Waals surface area (Å²) in [5, 5.41) is 4.78. The highest BCUT2D eigenvalue weighted by Gasteiger charge is 2.16. The third-order valence-electron chi connectivity index (χ3n) is 3.30. The summed E-state index contributed by atoms with van der Waals surface area (Å²) in [7, 11) is 0. The SMILES string of the molecule is Cc1cccc(OC(C)C(=O)NCC(=O)Nc2ccc(F)c(F)c2)c1. The van der Waals surface area contributed by atoms with E-state index in [1.807, 2.05) is 19.1 Å². The van der Waals surface area contributed by atoms with Crippen molar-refractivity contribution < 1.29 is 23.1 Å². The summed E-state index contributed by atoms with van der Waals surface area (Å²) < 4.78 is 31.4. The molecule has 2 aromatic carbocycles. The second-order valence-corrected chi connectivity index (χ2v) is 5.47. The first-order valence-corrected chi connectivity index (χ1v) is 7.61. The van der Waals surface area contributed by atoms with Crippen molar-refractivity contribution in [1.29, 1.82) is 0 Å². The van der Waals surface area contributed by atoms with Crippen molar-refractivity contribution in [2.45, 2.75) is 20.0 Å². The normalized spacial score (nSPS) is 11.5. The molecule has 7 heteroatoms. The van der Waals surface area contributed by atoms with Crippen LogP contribution >= 0.6 is 0 Å². The number of aryl methyl sites for hydroxylation is 1. The summed E-state index contributed by atoms with van der Waals surface area (Å²) in [5.74, 6) is -2.56. The molecule has 0 bridgehead atoms. The van der Waals surface area contributed by atoms with E-state index in [1.54, 1.807) is 19.1 Å². The van der Waals surface area contributed by atoms with E-state index in [2.05, 4.69) is 10.6 Å². The molecule has 2 rings (SSSR count). The van der Waals surface area contributed by atoms with E-state index in [0.717, 1.165) is 17.7 Å². The van der Waals surface area contributed by atoms with Crippen molar-refractivity contribution in [3.8, 4) is 5.75 Å². The Hall–Kier alpha value is -2.96. The Bertz CT molecular complexity index is 781. The highest BCUT2D eigenvalue weighted by Crippen LogP contribution is 2.14. The van der Waals surface area contributed by atoms with Gasteiger partial charge < -0.3 is 15.4 Å². The van der Waals surface area contributed by atoms with Crippen molar-refractivity contribution in [3.63, 3.8) is 0 Å². The second kappa shape index (κ2) is 8.23. The fraction of sp³-hybridized carbons (Fsp3) is 0.222. The van der Waals surface area contributed by atoms with Gasteiger partial charge in [-0.05, 0) is 43.7 Å². The van der Waals surface area contributed by atoms with Crippen LogP contribution in [-0.2, 0) is 9.59 Å². The molecule has 0 aliphatic rings. The molecule has 0 fully saturated rings. The highest BCUT2D eigenvalue weighted by molar-refractivity contribution is 5.95. The van der Waals surface area contributed by atoms with Crippen LogP contribution in [0.5, 0.6) is 5.75 Å². The quantitative estimate of drug-likeness (QED) is 0.844. The van der Waals surface area contributed by atoms with E-state index in [9.17, 15) is 18.4 Å². The Kier molecular flexibility index (Phi) is 6.05. The van der Waals surface area contributed by atoms with Gasteiger partial charge in [-0.15, -0.1) is 0 Å². The molecule has 0 aliphatic heterocycles. The predicted octanol–water partition coefficient (Wildman–Crippen LogP) is 2.80. The number of halogens is 2. The number of rotatable bonds is 6. The minimum atomic E-state index is -1.07. The van der Waals surface area contributed by atoms with E-state index in [-0.39, 0.29) is 12.2 Å². The van der Waals surface area contributed by atoms with Crippen LogP contribution < -0.4 is 15.4 Å². The van der Waals surface area contributed by atoms with E-state index < -0.39 is 29.6 Å². The van der Waals surface area contributed by atoms with E-state index >= 15 is 0 Å². The molecule has 1 unspecified atom stereocenters. The zero-order chi connectivity index (χ0) is 18.4. The Morgan fingerprint density at radius 3 is 2.56 bits per heavy atom. The van der Waals surface area contributed by atoms with E-state index in [4.69, 9.17) is 4.74 Å². The van der Waals surface area contributed by atoms with Gasteiger partial charge in [-0.25, -0.2) is 8.78 Å². The van der Waals surface area contributed by atoms with Gasteiger partial charge in [0.25, 0.3) is 5.91 Å². The van der Waals surface area contributed by atoms with Crippen LogP contribution in [0.25, 0.3) is 0 Å². The molecule has 2 N–H and O–H groups in total. The smallest absolute Gasteiger partial charge is 0.261 e. The minimum Gasteiger partial charge on any atom is -0.481 e. The zero-order valence-electron chi connectivity index (χ0n) is 13.8. The van der Waals surface area contributed by atoms with Crippen molar-refractivity contribution in [2.75, 3.05) is 11.9 Å². The molecule has 0 aromatic heterocycles. The molecular weight excluding hydrogens is 330 g/mol. The molecule has 5 nitrogen and oxygen atoms in total. The Labute approximate surface area is 144 Å². The monoisotopic (exact) mass is 348 g/mol. The van der Waals surface area contributed by atoms with Crippen LogP contribution in [0.1, 0.15) is 12.5 Å². The average molecular weight is 348 g/mol. The molecule has 0 saturated heterocycles. The van der Waals surface area contributed by atoms with Gasteiger partial charge in [0.15, 0.2) is 17.7 Å². The number of nitrogens with one attached hydrogen (secondary N) is 2. The average Bonchev–Trinajstić information content (AvgIpc) is 2.56. The predicted molar refractivity (Wildman–Crippen MR) is 89.3 cm³/mol. The number of hydrogen-bond acceptors (Lipinski definition) is 3. The number of carbonyl (C=O) groups excluding carboxylic acids is 2. The summed E-state index contributed by atoms with van der Waals surface area (Å²) in [6, 6.07) is 10.2. The summed E-state index contributed by atoms with van der Waals surface area (Å²) in [6.07, 6.45) is -0.794. The van der Waals surface area contributed by atoms with Gasteiger partial charge in [-0.1, -0.05) is 12.1 Å². The third-order valence-corrected chi connectivity index (χ3v) is 3.30. The molecule has 2 amide bonds. The maximum Gasteiger partial charge on any atom is 0.261 e. The molecule has 0 saturated carbocycles. The van der Waals surface area contributed by atoms with Gasteiger partial charge in [-0.3, -0.25) is 9.59 Å². The van der Waals surface area contributed by atoms with Crippen LogP contribution in [0.3, 0.4) is 0 Å². The summed E-state index contributed by atoms with van der Waals surface area (Å²) in [4.78, 5) is 23.7. The van der Waals surface area contributed by atoms with Crippen LogP contribution in [0, 0.1) is 18.6 Å². The summed E-state index contributed by atoms with van der Waals surface area (Å²) in [6.45, 7) is 3.14. The van der Waals surface area contributed by atoms with Crippen molar-refractivity contribution in [3.05, 3.63) is 59.7 Å². The maximum absolute atomic E-state index is 13.1. The number of ether oxygens (including phenoxy) is 1. The standard InChI is InChI=1S/C18H18F2N2O3/c1-11-4-3-5-14(8-11)25-12(2)18(24)21-10-17(23)22-13-6-7-15(19)16(20)9-13/h3-9,12H,10H2,1-2H3,(H,21,24)(H,22,23). The second-order valence-electron chi connectivity index (χ2n) is 5.47.